The van der Waals surface area contributed by atoms with E-state index in [1.54, 1.807) is 0 Å². The molecular weight excluding hydrogens is 104 g/mol. The summed E-state index contributed by atoms with van der Waals surface area (Å²) in [5, 5.41) is 8.51. The SMILES string of the molecule is C[C@@H]1CC(=O)[C@H]1CO. The summed E-state index contributed by atoms with van der Waals surface area (Å²) in [7, 11) is 0. The van der Waals surface area contributed by atoms with E-state index in [4.69, 9.17) is 5.11 Å². The molecule has 1 aliphatic carbocycles. The lowest BCUT2D eigenvalue weighted by Crippen LogP contribution is -2.37. The van der Waals surface area contributed by atoms with Gasteiger partial charge < -0.3 is 5.11 Å². The highest BCUT2D eigenvalue weighted by Gasteiger charge is 2.35. The van der Waals surface area contributed by atoms with Crippen LogP contribution in [0.2, 0.25) is 0 Å². The standard InChI is InChI=1S/C6H10O2/c1-4-2-6(8)5(4)3-7/h4-5,7H,2-3H2,1H3/t4-,5+/m1/s1. The third-order valence-electron chi connectivity index (χ3n) is 1.82. The van der Waals surface area contributed by atoms with Crippen LogP contribution in [-0.2, 0) is 4.79 Å². The first kappa shape index (κ1) is 5.76. The molecule has 46 valence electrons. The number of aliphatic hydroxyl groups excluding tert-OH is 1. The first-order chi connectivity index (χ1) is 3.75. The molecule has 2 nitrogen and oxygen atoms in total. The third kappa shape index (κ3) is 0.650. The molecule has 0 amide bonds. The number of aliphatic hydroxyl groups is 1. The Labute approximate surface area is 48.5 Å². The monoisotopic (exact) mass is 114 g/mol. The molecule has 1 N–H and O–H groups in total. The second-order valence-corrected chi connectivity index (χ2v) is 2.44. The van der Waals surface area contributed by atoms with Gasteiger partial charge in [-0.15, -0.1) is 0 Å². The van der Waals surface area contributed by atoms with E-state index in [9.17, 15) is 4.79 Å². The highest BCUT2D eigenvalue weighted by Crippen LogP contribution is 2.28. The van der Waals surface area contributed by atoms with E-state index in [1.165, 1.54) is 0 Å². The molecule has 1 aliphatic rings. The molecule has 0 radical (unpaired) electrons. The van der Waals surface area contributed by atoms with Gasteiger partial charge in [-0.1, -0.05) is 6.92 Å². The Hall–Kier alpha value is -0.370. The van der Waals surface area contributed by atoms with Crippen LogP contribution in [0, 0.1) is 11.8 Å². The number of hydrogen-bond donors (Lipinski definition) is 1. The van der Waals surface area contributed by atoms with Gasteiger partial charge in [-0.05, 0) is 5.92 Å². The Balaban J connectivity index is 2.40. The first-order valence-corrected chi connectivity index (χ1v) is 2.89. The van der Waals surface area contributed by atoms with E-state index < -0.39 is 0 Å². The van der Waals surface area contributed by atoms with Crippen molar-refractivity contribution in [1.29, 1.82) is 0 Å². The Bertz CT molecular complexity index is 109. The van der Waals surface area contributed by atoms with Gasteiger partial charge in [0.05, 0.1) is 6.61 Å². The van der Waals surface area contributed by atoms with Crippen LogP contribution in [0.1, 0.15) is 13.3 Å². The molecule has 2 atom stereocenters. The van der Waals surface area contributed by atoms with E-state index >= 15 is 0 Å². The maximum atomic E-state index is 10.5. The van der Waals surface area contributed by atoms with Crippen LogP contribution in [0.5, 0.6) is 0 Å². The fourth-order valence-electron chi connectivity index (χ4n) is 1.05. The van der Waals surface area contributed by atoms with Crippen molar-refractivity contribution < 1.29 is 9.90 Å². The van der Waals surface area contributed by atoms with E-state index in [0.717, 1.165) is 0 Å². The highest BCUT2D eigenvalue weighted by molar-refractivity contribution is 5.87. The molecule has 2 heteroatoms. The predicted octanol–water partition coefficient (Wildman–Crippen LogP) is 0.204. The van der Waals surface area contributed by atoms with E-state index in [2.05, 4.69) is 0 Å². The van der Waals surface area contributed by atoms with Crippen LogP contribution < -0.4 is 0 Å². The number of carbonyl (C=O) groups excluding carboxylic acids is 1. The van der Waals surface area contributed by atoms with Gasteiger partial charge in [-0.3, -0.25) is 4.79 Å². The summed E-state index contributed by atoms with van der Waals surface area (Å²) >= 11 is 0. The molecule has 0 heterocycles. The molecule has 0 spiro atoms. The third-order valence-corrected chi connectivity index (χ3v) is 1.82. The zero-order chi connectivity index (χ0) is 6.15. The van der Waals surface area contributed by atoms with Crippen LogP contribution in [0.25, 0.3) is 0 Å². The summed E-state index contributed by atoms with van der Waals surface area (Å²) in [6.07, 6.45) is 0.672. The van der Waals surface area contributed by atoms with Gasteiger partial charge in [0.25, 0.3) is 0 Å². The van der Waals surface area contributed by atoms with Crippen molar-refractivity contribution in [3.8, 4) is 0 Å². The van der Waals surface area contributed by atoms with Gasteiger partial charge in [0, 0.05) is 12.3 Å². The summed E-state index contributed by atoms with van der Waals surface area (Å²) in [6.45, 7) is 2.03. The minimum atomic E-state index is -0.0324. The van der Waals surface area contributed by atoms with Crippen molar-refractivity contribution >= 4 is 5.78 Å². The predicted molar refractivity (Wildman–Crippen MR) is 29.4 cm³/mol. The largest absolute Gasteiger partial charge is 0.396 e. The Morgan fingerprint density at radius 3 is 2.62 bits per heavy atom. The van der Waals surface area contributed by atoms with Crippen molar-refractivity contribution in [1.82, 2.24) is 0 Å². The van der Waals surface area contributed by atoms with Gasteiger partial charge in [-0.25, -0.2) is 0 Å². The highest BCUT2D eigenvalue weighted by atomic mass is 16.3. The van der Waals surface area contributed by atoms with Crippen LogP contribution in [0.3, 0.4) is 0 Å². The van der Waals surface area contributed by atoms with Crippen molar-refractivity contribution in [2.45, 2.75) is 13.3 Å². The van der Waals surface area contributed by atoms with Crippen LogP contribution in [0.4, 0.5) is 0 Å². The van der Waals surface area contributed by atoms with Crippen LogP contribution in [-0.4, -0.2) is 17.5 Å². The lowest BCUT2D eigenvalue weighted by molar-refractivity contribution is -0.135. The molecule has 1 fully saturated rings. The van der Waals surface area contributed by atoms with Crippen LogP contribution in [0.15, 0.2) is 0 Å². The average molecular weight is 114 g/mol. The molecule has 0 aromatic rings. The molecule has 0 bridgehead atoms. The Morgan fingerprint density at radius 2 is 2.50 bits per heavy atom. The summed E-state index contributed by atoms with van der Waals surface area (Å²) in [4.78, 5) is 10.5. The fraction of sp³-hybridized carbons (Fsp3) is 0.833. The first-order valence-electron chi connectivity index (χ1n) is 2.89. The van der Waals surface area contributed by atoms with Gasteiger partial charge in [0.15, 0.2) is 0 Å². The van der Waals surface area contributed by atoms with Crippen molar-refractivity contribution in [3.63, 3.8) is 0 Å². The van der Waals surface area contributed by atoms with Gasteiger partial charge in [-0.2, -0.15) is 0 Å². The molecule has 1 rings (SSSR count). The molecule has 0 aromatic heterocycles. The number of hydrogen-bond acceptors (Lipinski definition) is 2. The smallest absolute Gasteiger partial charge is 0.138 e. The normalized spacial score (nSPS) is 37.0. The molecule has 0 aliphatic heterocycles. The lowest BCUT2D eigenvalue weighted by atomic mass is 9.74. The zero-order valence-corrected chi connectivity index (χ0v) is 4.92. The number of ketones is 1. The molecule has 8 heavy (non-hydrogen) atoms. The molecule has 1 saturated carbocycles. The van der Waals surface area contributed by atoms with Gasteiger partial charge >= 0.3 is 0 Å². The lowest BCUT2D eigenvalue weighted by Gasteiger charge is -2.29. The summed E-state index contributed by atoms with van der Waals surface area (Å²) in [5.41, 5.74) is 0. The Kier molecular flexibility index (Phi) is 1.34. The number of Topliss-reactive ketones (excluding diaryl/α,β-unsaturated/α-hetero) is 1. The minimum Gasteiger partial charge on any atom is -0.396 e. The van der Waals surface area contributed by atoms with E-state index in [1.807, 2.05) is 6.92 Å². The molecule has 0 unspecified atom stereocenters. The summed E-state index contributed by atoms with van der Waals surface area (Å²) < 4.78 is 0. The number of rotatable bonds is 1. The second kappa shape index (κ2) is 1.86. The maximum absolute atomic E-state index is 10.5. The molecular formula is C6H10O2. The van der Waals surface area contributed by atoms with E-state index in [-0.39, 0.29) is 18.3 Å². The average Bonchev–Trinajstić information content (AvgIpc) is 1.67. The summed E-state index contributed by atoms with van der Waals surface area (Å²) in [5.74, 6) is 0.613. The number of carbonyl (C=O) groups is 1. The van der Waals surface area contributed by atoms with Gasteiger partial charge in [0.1, 0.15) is 5.78 Å². The van der Waals surface area contributed by atoms with Crippen molar-refractivity contribution in [2.24, 2.45) is 11.8 Å². The fourth-order valence-corrected chi connectivity index (χ4v) is 1.05. The quantitative estimate of drug-likeness (QED) is 0.529. The van der Waals surface area contributed by atoms with Crippen LogP contribution >= 0.6 is 0 Å². The summed E-state index contributed by atoms with van der Waals surface area (Å²) in [6, 6.07) is 0. The topological polar surface area (TPSA) is 37.3 Å². The van der Waals surface area contributed by atoms with Crippen molar-refractivity contribution in [2.75, 3.05) is 6.61 Å². The molecule has 0 saturated heterocycles. The Morgan fingerprint density at radius 1 is 1.88 bits per heavy atom. The van der Waals surface area contributed by atoms with Crippen molar-refractivity contribution in [3.05, 3.63) is 0 Å². The van der Waals surface area contributed by atoms with Gasteiger partial charge in [0.2, 0.25) is 0 Å². The molecule has 0 aromatic carbocycles. The van der Waals surface area contributed by atoms with E-state index in [0.29, 0.717) is 12.3 Å². The minimum absolute atomic E-state index is 0.0324. The second-order valence-electron chi connectivity index (χ2n) is 2.44. The zero-order valence-electron chi connectivity index (χ0n) is 4.92. The maximum Gasteiger partial charge on any atom is 0.138 e.